The molecule has 0 amide bonds. The monoisotopic (exact) mass is 1860 g/mol. The predicted octanol–water partition coefficient (Wildman–Crippen LogP) is 35.5. The van der Waals surface area contributed by atoms with Gasteiger partial charge in [0.05, 0.1) is 90.7 Å². The Labute approximate surface area is 844 Å². The summed E-state index contributed by atoms with van der Waals surface area (Å²) in [6.45, 7) is 0. The van der Waals surface area contributed by atoms with E-state index in [9.17, 15) is 21.0 Å². The Morgan fingerprint density at radius 3 is 0.651 bits per heavy atom. The second kappa shape index (κ2) is 37.4. The van der Waals surface area contributed by atoms with Gasteiger partial charge in [0.25, 0.3) is 0 Å². The molecule has 26 aromatic rings. The molecule has 10 nitrogen and oxygen atoms in total. The van der Waals surface area contributed by atoms with Crippen LogP contribution < -0.4 is 9.80 Å². The third kappa shape index (κ3) is 15.7. The van der Waals surface area contributed by atoms with Gasteiger partial charge in [-0.2, -0.15) is 21.0 Å². The molecule has 0 aliphatic heterocycles. The first kappa shape index (κ1) is 87.1. The summed E-state index contributed by atoms with van der Waals surface area (Å²) >= 11 is 0. The zero-order chi connectivity index (χ0) is 97.7. The minimum absolute atomic E-state index is 0.607. The summed E-state index contributed by atoms with van der Waals surface area (Å²) in [4.78, 5) is 4.64. The van der Waals surface area contributed by atoms with Crippen LogP contribution in [-0.2, 0) is 0 Å². The van der Waals surface area contributed by atoms with Crippen LogP contribution in [0.15, 0.2) is 522 Å². The maximum atomic E-state index is 9.79. The van der Waals surface area contributed by atoms with Crippen LogP contribution >= 0.6 is 0 Å². The summed E-state index contributed by atoms with van der Waals surface area (Å²) in [6, 6.07) is 193. The van der Waals surface area contributed by atoms with E-state index in [-0.39, 0.29) is 0 Å². The molecule has 22 aromatic carbocycles. The van der Waals surface area contributed by atoms with Gasteiger partial charge in [-0.05, 0) is 332 Å². The third-order valence-corrected chi connectivity index (χ3v) is 28.3. The number of anilines is 6. The molecule has 0 saturated carbocycles. The summed E-state index contributed by atoms with van der Waals surface area (Å²) in [6.07, 6.45) is 0. The first-order chi connectivity index (χ1) is 72.2. The van der Waals surface area contributed by atoms with Crippen LogP contribution in [0.5, 0.6) is 0 Å². The summed E-state index contributed by atoms with van der Waals surface area (Å²) in [7, 11) is 0. The van der Waals surface area contributed by atoms with Crippen molar-refractivity contribution >= 4 is 121 Å². The van der Waals surface area contributed by atoms with Gasteiger partial charge in [0.15, 0.2) is 0 Å². The summed E-state index contributed by atoms with van der Waals surface area (Å²) in [5.41, 5.74) is 39.0. The largest absolute Gasteiger partial charge is 0.310 e. The highest BCUT2D eigenvalue weighted by molar-refractivity contribution is 6.16. The molecule has 0 fully saturated rings. The zero-order valence-corrected chi connectivity index (χ0v) is 79.1. The molecular formula is C136H86N10. The molecule has 146 heavy (non-hydrogen) atoms. The van der Waals surface area contributed by atoms with Crippen LogP contribution in [0.25, 0.3) is 199 Å². The zero-order valence-electron chi connectivity index (χ0n) is 79.1. The van der Waals surface area contributed by atoms with Gasteiger partial charge in [-0.3, -0.25) is 0 Å². The van der Waals surface area contributed by atoms with Crippen molar-refractivity contribution in [1.29, 1.82) is 21.0 Å². The minimum Gasteiger partial charge on any atom is -0.310 e. The van der Waals surface area contributed by atoms with Gasteiger partial charge in [-0.25, -0.2) is 0 Å². The standard InChI is InChI=1S/C68H41N5.C68H45N5/c69-42-44-22-26-47(27-23-44)58-38-50(46-12-2-1-3-13-46)39-59(48-28-24-45(43-70)25-29-48)68(58)49-30-32-51(33-31-49)71-66-36-34-52(72-62-18-8-4-14-54(62)55-15-5-9-19-63(55)72)40-60(66)61-41-53(35-37-67(61)71)73-64-20-10-6-16-56(64)57-17-7-11-21-65(57)73;69-46-48-26-30-51(31-27-48)62-42-54(43-63(52-32-28-49(47-70)29-33-52)68(62)53-16-6-1-7-17-53)50-34-36-59(37-35-50)73-66-40-38-60(71(55-18-8-2-9-19-55)56-20-10-3-11-21-56)44-64(66)65-45-61(39-41-67(65)73)72(57-22-12-4-13-23-57)58-24-14-5-15-25-58/h1-41H;1-45H. The van der Waals surface area contributed by atoms with E-state index in [1.54, 1.807) is 0 Å². The highest BCUT2D eigenvalue weighted by atomic mass is 15.2. The van der Waals surface area contributed by atoms with Gasteiger partial charge in [0.2, 0.25) is 0 Å². The second-order valence-electron chi connectivity index (χ2n) is 36.7. The predicted molar refractivity (Wildman–Crippen MR) is 602 cm³/mol. The van der Waals surface area contributed by atoms with Gasteiger partial charge in [-0.15, -0.1) is 0 Å². The lowest BCUT2D eigenvalue weighted by Gasteiger charge is -2.26. The number of benzene rings is 22. The molecule has 0 spiro atoms. The van der Waals surface area contributed by atoms with E-state index in [4.69, 9.17) is 0 Å². The van der Waals surface area contributed by atoms with E-state index in [0.717, 1.165) is 190 Å². The minimum atomic E-state index is 0.607. The summed E-state index contributed by atoms with van der Waals surface area (Å²) < 4.78 is 9.59. The number of nitriles is 4. The molecule has 0 aliphatic carbocycles. The number of para-hydroxylation sites is 8. The number of nitrogens with zero attached hydrogens (tertiary/aromatic N) is 10. The summed E-state index contributed by atoms with van der Waals surface area (Å²) in [5.74, 6) is 0. The highest BCUT2D eigenvalue weighted by Crippen LogP contribution is 2.51. The van der Waals surface area contributed by atoms with Gasteiger partial charge < -0.3 is 28.1 Å². The highest BCUT2D eigenvalue weighted by Gasteiger charge is 2.27. The lowest BCUT2D eigenvalue weighted by atomic mass is 9.84. The van der Waals surface area contributed by atoms with Gasteiger partial charge in [0.1, 0.15) is 0 Å². The Morgan fingerprint density at radius 1 is 0.144 bits per heavy atom. The van der Waals surface area contributed by atoms with Crippen molar-refractivity contribution in [2.45, 2.75) is 0 Å². The van der Waals surface area contributed by atoms with Crippen LogP contribution in [0.1, 0.15) is 22.3 Å². The van der Waals surface area contributed by atoms with Gasteiger partial charge in [-0.1, -0.05) is 279 Å². The molecule has 4 heterocycles. The van der Waals surface area contributed by atoms with E-state index in [1.807, 2.05) is 109 Å². The molecule has 0 aliphatic rings. The number of rotatable bonds is 18. The molecule has 26 rings (SSSR count). The van der Waals surface area contributed by atoms with E-state index < -0.39 is 0 Å². The first-order valence-electron chi connectivity index (χ1n) is 48.9. The Hall–Kier alpha value is -20.4. The fraction of sp³-hybridized carbons (Fsp3) is 0. The Morgan fingerprint density at radius 2 is 0.356 bits per heavy atom. The maximum Gasteiger partial charge on any atom is 0.0991 e. The fourth-order valence-electron chi connectivity index (χ4n) is 21.6. The van der Waals surface area contributed by atoms with Crippen LogP contribution in [-0.4, -0.2) is 18.3 Å². The fourth-order valence-corrected chi connectivity index (χ4v) is 21.6. The number of fused-ring (bicyclic) bond motifs is 12. The van der Waals surface area contributed by atoms with Crippen molar-refractivity contribution in [1.82, 2.24) is 18.3 Å². The third-order valence-electron chi connectivity index (χ3n) is 28.3. The molecule has 0 atom stereocenters. The van der Waals surface area contributed by atoms with Crippen LogP contribution in [0, 0.1) is 45.3 Å². The quantitative estimate of drug-likeness (QED) is 0.0843. The van der Waals surface area contributed by atoms with E-state index in [0.29, 0.717) is 22.3 Å². The summed E-state index contributed by atoms with van der Waals surface area (Å²) in [5, 5.41) is 48.5. The first-order valence-corrected chi connectivity index (χ1v) is 48.9. The maximum absolute atomic E-state index is 9.79. The molecule has 680 valence electrons. The Bertz CT molecular complexity index is 9060. The number of hydrogen-bond acceptors (Lipinski definition) is 6. The van der Waals surface area contributed by atoms with Gasteiger partial charge >= 0.3 is 0 Å². The molecule has 4 aromatic heterocycles. The van der Waals surface area contributed by atoms with Crippen molar-refractivity contribution in [2.24, 2.45) is 0 Å². The van der Waals surface area contributed by atoms with Crippen LogP contribution in [0.3, 0.4) is 0 Å². The number of aromatic nitrogens is 4. The average Bonchev–Trinajstić information content (AvgIpc) is 1.50. The van der Waals surface area contributed by atoms with E-state index in [1.165, 1.54) is 43.6 Å². The Balaban J connectivity index is 0.000000152. The van der Waals surface area contributed by atoms with Crippen molar-refractivity contribution in [3.05, 3.63) is 544 Å². The second-order valence-corrected chi connectivity index (χ2v) is 36.7. The van der Waals surface area contributed by atoms with Crippen LogP contribution in [0.4, 0.5) is 34.1 Å². The normalized spacial score (nSPS) is 11.3. The van der Waals surface area contributed by atoms with Crippen molar-refractivity contribution in [2.75, 3.05) is 9.80 Å². The van der Waals surface area contributed by atoms with E-state index in [2.05, 4.69) is 465 Å². The van der Waals surface area contributed by atoms with Crippen molar-refractivity contribution in [3.63, 3.8) is 0 Å². The SMILES string of the molecule is N#Cc1ccc(-c2cc(-c3ccc(-n4c5ccc(N(c6ccccc6)c6ccccc6)cc5c5cc(N(c6ccccc6)c6ccccc6)ccc54)cc3)cc(-c3ccc(C#N)cc3)c2-c2ccccc2)cc1.N#Cc1ccc(-c2cc(-c3ccccc3)cc(-c3ccc(C#N)cc3)c2-c2ccc(-n3c4ccc(-n5c6ccccc6c6ccccc65)cc4c4cc(-n5c6ccccc6c6ccccc65)ccc43)cc2)cc1. The van der Waals surface area contributed by atoms with E-state index >= 15 is 0 Å². The van der Waals surface area contributed by atoms with Gasteiger partial charge in [0, 0.05) is 100.0 Å². The average molecular weight is 1860 g/mol. The molecule has 0 radical (unpaired) electrons. The molecule has 0 saturated heterocycles. The number of hydrogen-bond donors (Lipinski definition) is 0. The topological polar surface area (TPSA) is 121 Å². The molecule has 0 bridgehead atoms. The smallest absolute Gasteiger partial charge is 0.0991 e. The van der Waals surface area contributed by atoms with Crippen molar-refractivity contribution < 1.29 is 0 Å². The molecule has 0 N–H and O–H groups in total. The Kier molecular flexibility index (Phi) is 22.3. The van der Waals surface area contributed by atoms with Crippen LogP contribution in [0.2, 0.25) is 0 Å². The molecular weight excluding hydrogens is 1770 g/mol. The lowest BCUT2D eigenvalue weighted by Crippen LogP contribution is -2.09. The van der Waals surface area contributed by atoms with Crippen molar-refractivity contribution in [3.8, 4) is 136 Å². The molecule has 0 unspecified atom stereocenters. The lowest BCUT2D eigenvalue weighted by molar-refractivity contribution is 1.16. The molecule has 10 heteroatoms.